The van der Waals surface area contributed by atoms with E-state index in [2.05, 4.69) is 0 Å². The van der Waals surface area contributed by atoms with Crippen LogP contribution in [0.15, 0.2) is 36.4 Å². The number of carbonyl (C=O) groups is 1. The summed E-state index contributed by atoms with van der Waals surface area (Å²) in [4.78, 5) is 16.1. The van der Waals surface area contributed by atoms with Crippen molar-refractivity contribution in [2.75, 3.05) is 31.1 Å². The van der Waals surface area contributed by atoms with Crippen molar-refractivity contribution >= 4 is 34.8 Å². The zero-order valence-corrected chi connectivity index (χ0v) is 14.1. The Hall–Kier alpha value is -1.85. The number of halogens is 4. The first-order valence-electron chi connectivity index (χ1n) is 7.40. The first-order chi connectivity index (χ1) is 11.5. The molecule has 7 heteroatoms. The fraction of sp³-hybridized carbons (Fsp3) is 0.235. The third kappa shape index (κ3) is 3.32. The van der Waals surface area contributed by atoms with Gasteiger partial charge in [-0.3, -0.25) is 4.79 Å². The number of benzene rings is 2. The molecule has 1 heterocycles. The zero-order valence-electron chi connectivity index (χ0n) is 12.6. The third-order valence-electron chi connectivity index (χ3n) is 4.01. The molecule has 3 rings (SSSR count). The van der Waals surface area contributed by atoms with Crippen molar-refractivity contribution in [1.82, 2.24) is 4.90 Å². The second-order valence-electron chi connectivity index (χ2n) is 5.47. The highest BCUT2D eigenvalue weighted by Gasteiger charge is 2.26. The minimum absolute atomic E-state index is 0.0594. The lowest BCUT2D eigenvalue weighted by atomic mass is 10.1. The molecular weight excluding hydrogens is 357 g/mol. The van der Waals surface area contributed by atoms with E-state index >= 15 is 0 Å². The van der Waals surface area contributed by atoms with Crippen LogP contribution in [0.2, 0.25) is 10.0 Å². The first kappa shape index (κ1) is 17.0. The van der Waals surface area contributed by atoms with Crippen molar-refractivity contribution in [1.29, 1.82) is 0 Å². The zero-order chi connectivity index (χ0) is 17.3. The molecule has 2 aromatic rings. The number of anilines is 1. The SMILES string of the molecule is O=C(c1c(F)cccc1Cl)N1CCN(c2ccc(F)c(Cl)c2)CC1. The standard InChI is InChI=1S/C17H14Cl2F2N2O/c18-12-2-1-3-15(21)16(12)17(24)23-8-6-22(7-9-23)11-4-5-14(20)13(19)10-11/h1-5,10H,6-9H2. The Morgan fingerprint density at radius 1 is 0.917 bits per heavy atom. The number of hydrogen-bond donors (Lipinski definition) is 0. The molecule has 3 nitrogen and oxygen atoms in total. The van der Waals surface area contributed by atoms with E-state index in [9.17, 15) is 13.6 Å². The molecule has 0 spiro atoms. The summed E-state index contributed by atoms with van der Waals surface area (Å²) in [6, 6.07) is 8.69. The number of amides is 1. The van der Waals surface area contributed by atoms with Crippen LogP contribution in [-0.4, -0.2) is 37.0 Å². The summed E-state index contributed by atoms with van der Waals surface area (Å²) in [7, 11) is 0. The number of carbonyl (C=O) groups excluding carboxylic acids is 1. The number of rotatable bonds is 2. The summed E-state index contributed by atoms with van der Waals surface area (Å²) < 4.78 is 27.1. The number of hydrogen-bond acceptors (Lipinski definition) is 2. The minimum Gasteiger partial charge on any atom is -0.368 e. The molecule has 0 unspecified atom stereocenters. The molecule has 126 valence electrons. The second-order valence-corrected chi connectivity index (χ2v) is 6.29. The highest BCUT2D eigenvalue weighted by molar-refractivity contribution is 6.33. The maximum Gasteiger partial charge on any atom is 0.258 e. The third-order valence-corrected chi connectivity index (χ3v) is 4.62. The van der Waals surface area contributed by atoms with E-state index in [0.29, 0.717) is 26.2 Å². The molecule has 0 aromatic heterocycles. The lowest BCUT2D eigenvalue weighted by molar-refractivity contribution is 0.0742. The predicted octanol–water partition coefficient (Wildman–Crippen LogP) is 4.23. The lowest BCUT2D eigenvalue weighted by Gasteiger charge is -2.36. The molecule has 0 atom stereocenters. The van der Waals surface area contributed by atoms with E-state index in [1.165, 1.54) is 24.3 Å². The minimum atomic E-state index is -0.625. The summed E-state index contributed by atoms with van der Waals surface area (Å²) >= 11 is 11.8. The van der Waals surface area contributed by atoms with Gasteiger partial charge in [-0.1, -0.05) is 29.3 Å². The largest absolute Gasteiger partial charge is 0.368 e. The van der Waals surface area contributed by atoms with Crippen LogP contribution >= 0.6 is 23.2 Å². The van der Waals surface area contributed by atoms with Crippen LogP contribution in [-0.2, 0) is 0 Å². The highest BCUT2D eigenvalue weighted by atomic mass is 35.5. The van der Waals surface area contributed by atoms with Crippen molar-refractivity contribution in [3.05, 3.63) is 63.6 Å². The Morgan fingerprint density at radius 3 is 2.25 bits per heavy atom. The summed E-state index contributed by atoms with van der Waals surface area (Å²) in [6.07, 6.45) is 0. The van der Waals surface area contributed by atoms with Gasteiger partial charge in [-0.2, -0.15) is 0 Å². The van der Waals surface area contributed by atoms with E-state index in [1.807, 2.05) is 4.90 Å². The number of piperazine rings is 1. The van der Waals surface area contributed by atoms with Crippen LogP contribution in [0.25, 0.3) is 0 Å². The molecule has 1 amide bonds. The normalized spacial score (nSPS) is 14.8. The molecule has 0 radical (unpaired) electrons. The van der Waals surface area contributed by atoms with Gasteiger partial charge in [0.05, 0.1) is 15.6 Å². The summed E-state index contributed by atoms with van der Waals surface area (Å²) in [6.45, 7) is 1.91. The Kier molecular flexibility index (Phi) is 4.92. The second kappa shape index (κ2) is 6.95. The molecule has 0 bridgehead atoms. The van der Waals surface area contributed by atoms with Crippen LogP contribution in [0.3, 0.4) is 0 Å². The number of nitrogens with zero attached hydrogens (tertiary/aromatic N) is 2. The van der Waals surface area contributed by atoms with E-state index in [1.54, 1.807) is 17.0 Å². The molecule has 2 aromatic carbocycles. The van der Waals surface area contributed by atoms with Crippen molar-refractivity contribution in [3.8, 4) is 0 Å². The monoisotopic (exact) mass is 370 g/mol. The quantitative estimate of drug-likeness (QED) is 0.789. The van der Waals surface area contributed by atoms with E-state index in [0.717, 1.165) is 5.69 Å². The van der Waals surface area contributed by atoms with E-state index < -0.39 is 17.5 Å². The molecular formula is C17H14Cl2F2N2O. The van der Waals surface area contributed by atoms with Gasteiger partial charge in [0.25, 0.3) is 5.91 Å². The van der Waals surface area contributed by atoms with Crippen molar-refractivity contribution in [3.63, 3.8) is 0 Å². The molecule has 1 saturated heterocycles. The molecule has 0 aliphatic carbocycles. The maximum absolute atomic E-state index is 13.9. The van der Waals surface area contributed by atoms with E-state index in [-0.39, 0.29) is 15.6 Å². The Labute approximate surface area is 148 Å². The Morgan fingerprint density at radius 2 is 1.62 bits per heavy atom. The van der Waals surface area contributed by atoms with Crippen molar-refractivity contribution in [2.45, 2.75) is 0 Å². The molecule has 0 N–H and O–H groups in total. The maximum atomic E-state index is 13.9. The van der Waals surface area contributed by atoms with Crippen LogP contribution < -0.4 is 4.90 Å². The average molecular weight is 371 g/mol. The fourth-order valence-corrected chi connectivity index (χ4v) is 3.13. The lowest BCUT2D eigenvalue weighted by Crippen LogP contribution is -2.49. The fourth-order valence-electron chi connectivity index (χ4n) is 2.71. The van der Waals surface area contributed by atoms with Gasteiger partial charge in [0, 0.05) is 31.9 Å². The van der Waals surface area contributed by atoms with Gasteiger partial charge in [-0.15, -0.1) is 0 Å². The van der Waals surface area contributed by atoms with E-state index in [4.69, 9.17) is 23.2 Å². The first-order valence-corrected chi connectivity index (χ1v) is 8.16. The van der Waals surface area contributed by atoms with Gasteiger partial charge in [-0.25, -0.2) is 8.78 Å². The van der Waals surface area contributed by atoms with Gasteiger partial charge < -0.3 is 9.80 Å². The predicted molar refractivity (Wildman–Crippen MR) is 90.9 cm³/mol. The topological polar surface area (TPSA) is 23.6 Å². The molecule has 1 fully saturated rings. The smallest absolute Gasteiger partial charge is 0.258 e. The van der Waals surface area contributed by atoms with Crippen LogP contribution in [0.5, 0.6) is 0 Å². The van der Waals surface area contributed by atoms with Crippen LogP contribution in [0.4, 0.5) is 14.5 Å². The van der Waals surface area contributed by atoms with Gasteiger partial charge in [-0.05, 0) is 30.3 Å². The Balaban J connectivity index is 1.70. The van der Waals surface area contributed by atoms with Gasteiger partial charge in [0.2, 0.25) is 0 Å². The molecule has 24 heavy (non-hydrogen) atoms. The van der Waals surface area contributed by atoms with Crippen LogP contribution in [0, 0.1) is 11.6 Å². The molecule has 0 saturated carbocycles. The molecule has 1 aliphatic rings. The average Bonchev–Trinajstić information content (AvgIpc) is 2.57. The van der Waals surface area contributed by atoms with Gasteiger partial charge >= 0.3 is 0 Å². The van der Waals surface area contributed by atoms with Crippen molar-refractivity contribution in [2.24, 2.45) is 0 Å². The van der Waals surface area contributed by atoms with Gasteiger partial charge in [0.15, 0.2) is 0 Å². The van der Waals surface area contributed by atoms with Crippen molar-refractivity contribution < 1.29 is 13.6 Å². The van der Waals surface area contributed by atoms with Gasteiger partial charge in [0.1, 0.15) is 11.6 Å². The van der Waals surface area contributed by atoms with Crippen LogP contribution in [0.1, 0.15) is 10.4 Å². The highest BCUT2D eigenvalue weighted by Crippen LogP contribution is 2.25. The molecule has 1 aliphatic heterocycles. The summed E-state index contributed by atoms with van der Waals surface area (Å²) in [5, 5.41) is 0.164. The Bertz CT molecular complexity index is 757. The summed E-state index contributed by atoms with van der Waals surface area (Å²) in [5.41, 5.74) is 0.690. The summed E-state index contributed by atoms with van der Waals surface area (Å²) in [5.74, 6) is -1.52.